The summed E-state index contributed by atoms with van der Waals surface area (Å²) < 4.78 is 0. The zero-order chi connectivity index (χ0) is 11.5. The van der Waals surface area contributed by atoms with Crippen LogP contribution in [0.4, 0.5) is 0 Å². The van der Waals surface area contributed by atoms with E-state index in [1.807, 2.05) is 0 Å². The summed E-state index contributed by atoms with van der Waals surface area (Å²) in [4.78, 5) is 2.26. The molecule has 0 heterocycles. The van der Waals surface area contributed by atoms with Crippen LogP contribution in [0, 0.1) is 5.41 Å². The lowest BCUT2D eigenvalue weighted by atomic mass is 9.73. The minimum Gasteiger partial charge on any atom is -0.310 e. The largest absolute Gasteiger partial charge is 0.310 e. The second-order valence-electron chi connectivity index (χ2n) is 6.12. The van der Waals surface area contributed by atoms with E-state index in [-0.39, 0.29) is 0 Å². The molecular weight excluding hydrogens is 184 g/mol. The Morgan fingerprint density at radius 1 is 1.33 bits per heavy atom. The maximum absolute atomic E-state index is 3.80. The Morgan fingerprint density at radius 3 is 2.53 bits per heavy atom. The molecule has 90 valence electrons. The lowest BCUT2D eigenvalue weighted by Crippen LogP contribution is -2.50. The summed E-state index contributed by atoms with van der Waals surface area (Å²) in [6, 6.07) is 1.31. The van der Waals surface area contributed by atoms with E-state index in [1.165, 1.54) is 25.7 Å². The van der Waals surface area contributed by atoms with Crippen molar-refractivity contribution >= 4 is 0 Å². The van der Waals surface area contributed by atoms with E-state index in [0.717, 1.165) is 6.54 Å². The molecule has 2 nitrogen and oxygen atoms in total. The third-order valence-electron chi connectivity index (χ3n) is 3.63. The lowest BCUT2D eigenvalue weighted by Gasteiger charge is -2.41. The lowest BCUT2D eigenvalue weighted by molar-refractivity contribution is 0.151. The number of hydrogen-bond acceptors (Lipinski definition) is 2. The zero-order valence-corrected chi connectivity index (χ0v) is 11.1. The van der Waals surface area contributed by atoms with E-state index >= 15 is 0 Å². The molecule has 0 radical (unpaired) electrons. The Morgan fingerprint density at radius 2 is 2.00 bits per heavy atom. The van der Waals surface area contributed by atoms with Gasteiger partial charge in [0.25, 0.3) is 0 Å². The molecule has 2 unspecified atom stereocenters. The smallest absolute Gasteiger partial charge is 0.0169 e. The first kappa shape index (κ1) is 13.0. The molecule has 0 saturated heterocycles. The minimum absolute atomic E-state index is 0.485. The normalized spacial score (nSPS) is 28.0. The third-order valence-corrected chi connectivity index (χ3v) is 3.63. The van der Waals surface area contributed by atoms with Gasteiger partial charge in [-0.1, -0.05) is 26.7 Å². The van der Waals surface area contributed by atoms with E-state index in [9.17, 15) is 0 Å². The van der Waals surface area contributed by atoms with Crippen LogP contribution in [0.5, 0.6) is 0 Å². The van der Waals surface area contributed by atoms with Gasteiger partial charge in [-0.15, -0.1) is 0 Å². The highest BCUT2D eigenvalue weighted by Gasteiger charge is 2.32. The van der Waals surface area contributed by atoms with Gasteiger partial charge in [0.1, 0.15) is 0 Å². The van der Waals surface area contributed by atoms with Gasteiger partial charge in [0.05, 0.1) is 0 Å². The summed E-state index contributed by atoms with van der Waals surface area (Å²) in [5, 5.41) is 3.80. The summed E-state index contributed by atoms with van der Waals surface area (Å²) in [6.45, 7) is 8.25. The van der Waals surface area contributed by atoms with Gasteiger partial charge in [0.15, 0.2) is 0 Å². The van der Waals surface area contributed by atoms with Gasteiger partial charge in [-0.3, -0.25) is 0 Å². The molecule has 0 aliphatic heterocycles. The summed E-state index contributed by atoms with van der Waals surface area (Å²) in [7, 11) is 4.29. The van der Waals surface area contributed by atoms with Gasteiger partial charge in [-0.25, -0.2) is 0 Å². The Bertz CT molecular complexity index is 187. The predicted molar refractivity (Wildman–Crippen MR) is 67.2 cm³/mol. The molecule has 1 saturated carbocycles. The van der Waals surface area contributed by atoms with Gasteiger partial charge in [-0.05, 0) is 39.3 Å². The SMILES string of the molecule is CC(CN(C)C)NC1CCCCC1(C)C. The van der Waals surface area contributed by atoms with Crippen LogP contribution in [-0.2, 0) is 0 Å². The van der Waals surface area contributed by atoms with Crippen molar-refractivity contribution in [1.82, 2.24) is 10.2 Å². The van der Waals surface area contributed by atoms with Crippen molar-refractivity contribution in [1.29, 1.82) is 0 Å². The van der Waals surface area contributed by atoms with Crippen LogP contribution in [0.25, 0.3) is 0 Å². The molecule has 0 aromatic carbocycles. The van der Waals surface area contributed by atoms with Gasteiger partial charge in [0.2, 0.25) is 0 Å². The molecule has 2 atom stereocenters. The Labute approximate surface area is 95.4 Å². The first-order valence-corrected chi connectivity index (χ1v) is 6.32. The van der Waals surface area contributed by atoms with Crippen LogP contribution >= 0.6 is 0 Å². The van der Waals surface area contributed by atoms with E-state index in [1.54, 1.807) is 0 Å². The minimum atomic E-state index is 0.485. The highest BCUT2D eigenvalue weighted by atomic mass is 15.1. The summed E-state index contributed by atoms with van der Waals surface area (Å²) in [5.74, 6) is 0. The maximum Gasteiger partial charge on any atom is 0.0169 e. The Balaban J connectivity index is 2.41. The van der Waals surface area contributed by atoms with E-state index in [0.29, 0.717) is 17.5 Å². The fourth-order valence-electron chi connectivity index (χ4n) is 2.75. The van der Waals surface area contributed by atoms with Crippen molar-refractivity contribution in [3.05, 3.63) is 0 Å². The molecule has 1 aliphatic rings. The number of nitrogens with one attached hydrogen (secondary N) is 1. The van der Waals surface area contributed by atoms with E-state index < -0.39 is 0 Å². The third kappa shape index (κ3) is 4.12. The van der Waals surface area contributed by atoms with E-state index in [2.05, 4.69) is 45.1 Å². The van der Waals surface area contributed by atoms with Crippen molar-refractivity contribution < 1.29 is 0 Å². The number of rotatable bonds is 4. The number of hydrogen-bond donors (Lipinski definition) is 1. The fourth-order valence-corrected chi connectivity index (χ4v) is 2.75. The maximum atomic E-state index is 3.80. The molecule has 1 aliphatic carbocycles. The van der Waals surface area contributed by atoms with Crippen molar-refractivity contribution in [2.75, 3.05) is 20.6 Å². The van der Waals surface area contributed by atoms with Crippen LogP contribution in [0.1, 0.15) is 46.5 Å². The van der Waals surface area contributed by atoms with Gasteiger partial charge in [-0.2, -0.15) is 0 Å². The van der Waals surface area contributed by atoms with Crippen LogP contribution < -0.4 is 5.32 Å². The van der Waals surface area contributed by atoms with Crippen LogP contribution in [0.2, 0.25) is 0 Å². The topological polar surface area (TPSA) is 15.3 Å². The summed E-state index contributed by atoms with van der Waals surface area (Å²) in [5.41, 5.74) is 0.485. The highest BCUT2D eigenvalue weighted by molar-refractivity contribution is 4.89. The van der Waals surface area contributed by atoms with Crippen LogP contribution in [0.3, 0.4) is 0 Å². The molecule has 1 fully saturated rings. The van der Waals surface area contributed by atoms with Crippen molar-refractivity contribution in [2.45, 2.75) is 58.5 Å². The van der Waals surface area contributed by atoms with Crippen LogP contribution in [0.15, 0.2) is 0 Å². The molecular formula is C13H28N2. The fraction of sp³-hybridized carbons (Fsp3) is 1.00. The zero-order valence-electron chi connectivity index (χ0n) is 11.1. The Hall–Kier alpha value is -0.0800. The summed E-state index contributed by atoms with van der Waals surface area (Å²) in [6.07, 6.45) is 5.53. The van der Waals surface area contributed by atoms with Crippen LogP contribution in [-0.4, -0.2) is 37.6 Å². The molecule has 0 spiro atoms. The quantitative estimate of drug-likeness (QED) is 0.770. The first-order chi connectivity index (χ1) is 6.92. The molecule has 0 bridgehead atoms. The number of likely N-dealkylation sites (N-methyl/N-ethyl adjacent to an activating group) is 1. The first-order valence-electron chi connectivity index (χ1n) is 6.32. The summed E-state index contributed by atoms with van der Waals surface area (Å²) >= 11 is 0. The van der Waals surface area contributed by atoms with Gasteiger partial charge >= 0.3 is 0 Å². The van der Waals surface area contributed by atoms with Crippen molar-refractivity contribution in [2.24, 2.45) is 5.41 Å². The highest BCUT2D eigenvalue weighted by Crippen LogP contribution is 2.35. The second kappa shape index (κ2) is 5.31. The van der Waals surface area contributed by atoms with Crippen molar-refractivity contribution in [3.8, 4) is 0 Å². The molecule has 1 N–H and O–H groups in total. The number of nitrogens with zero attached hydrogens (tertiary/aromatic N) is 1. The van der Waals surface area contributed by atoms with Gasteiger partial charge < -0.3 is 10.2 Å². The molecule has 0 amide bonds. The molecule has 0 aromatic rings. The van der Waals surface area contributed by atoms with Crippen molar-refractivity contribution in [3.63, 3.8) is 0 Å². The molecule has 15 heavy (non-hydrogen) atoms. The molecule has 1 rings (SSSR count). The van der Waals surface area contributed by atoms with Gasteiger partial charge in [0, 0.05) is 18.6 Å². The van der Waals surface area contributed by atoms with E-state index in [4.69, 9.17) is 0 Å². The average Bonchev–Trinajstić information content (AvgIpc) is 2.07. The standard InChI is InChI=1S/C13H28N2/c1-11(10-15(4)5)14-12-8-6-7-9-13(12,2)3/h11-12,14H,6-10H2,1-5H3. The monoisotopic (exact) mass is 212 g/mol. The molecule has 2 heteroatoms. The predicted octanol–water partition coefficient (Wildman–Crippen LogP) is 2.49. The average molecular weight is 212 g/mol. The Kier molecular flexibility index (Phi) is 4.60. The second-order valence-corrected chi connectivity index (χ2v) is 6.12. The molecule has 0 aromatic heterocycles.